The largest absolute Gasteiger partial charge is 0.573 e. The molecule has 4 rings (SSSR count). The number of alkyl halides is 3. The minimum absolute atomic E-state index is 0.0232. The van der Waals surface area contributed by atoms with Gasteiger partial charge >= 0.3 is 6.36 Å². The molecule has 0 unspecified atom stereocenters. The van der Waals surface area contributed by atoms with Gasteiger partial charge in [0.1, 0.15) is 18.1 Å². The molecule has 148 valence electrons. The summed E-state index contributed by atoms with van der Waals surface area (Å²) in [6.45, 7) is 0.304. The smallest absolute Gasteiger partial charge is 0.488 e. The first-order valence-corrected chi connectivity index (χ1v) is 8.73. The molecule has 1 aliphatic rings. The van der Waals surface area contributed by atoms with Gasteiger partial charge in [0.15, 0.2) is 0 Å². The van der Waals surface area contributed by atoms with Crippen LogP contribution in [0.5, 0.6) is 11.5 Å². The number of halogens is 3. The van der Waals surface area contributed by atoms with Crippen LogP contribution in [0.3, 0.4) is 0 Å². The minimum atomic E-state index is -4.79. The van der Waals surface area contributed by atoms with E-state index in [-0.39, 0.29) is 24.8 Å². The number of hydrogen-bond acceptors (Lipinski definition) is 4. The highest BCUT2D eigenvalue weighted by Gasteiger charge is 2.31. The van der Waals surface area contributed by atoms with Crippen LogP contribution in [-0.2, 0) is 11.3 Å². The molecule has 0 aliphatic carbocycles. The second-order valence-electron chi connectivity index (χ2n) is 6.38. The SMILES string of the molecule is O=C(NCc1ccnc2ccccc12)C1=Cc2cc(OC(F)(F)F)ccc2OC1. The Morgan fingerprint density at radius 2 is 2.00 bits per heavy atom. The topological polar surface area (TPSA) is 60.5 Å². The normalized spacial score (nSPS) is 13.3. The van der Waals surface area contributed by atoms with Gasteiger partial charge in [-0.3, -0.25) is 9.78 Å². The maximum Gasteiger partial charge on any atom is 0.573 e. The molecule has 0 saturated heterocycles. The summed E-state index contributed by atoms with van der Waals surface area (Å²) in [4.78, 5) is 16.8. The molecule has 1 aromatic heterocycles. The number of carbonyl (C=O) groups excluding carboxylic acids is 1. The minimum Gasteiger partial charge on any atom is -0.488 e. The van der Waals surface area contributed by atoms with Crippen molar-refractivity contribution in [1.82, 2.24) is 10.3 Å². The van der Waals surface area contributed by atoms with Crippen LogP contribution in [0.2, 0.25) is 0 Å². The van der Waals surface area contributed by atoms with E-state index in [2.05, 4.69) is 15.0 Å². The van der Waals surface area contributed by atoms with Crippen molar-refractivity contribution in [1.29, 1.82) is 0 Å². The summed E-state index contributed by atoms with van der Waals surface area (Å²) in [5, 5.41) is 3.75. The summed E-state index contributed by atoms with van der Waals surface area (Å²) in [6, 6.07) is 13.1. The Morgan fingerprint density at radius 3 is 2.83 bits per heavy atom. The van der Waals surface area contributed by atoms with Crippen LogP contribution in [0.4, 0.5) is 13.2 Å². The zero-order valence-electron chi connectivity index (χ0n) is 15.0. The fourth-order valence-electron chi connectivity index (χ4n) is 3.08. The Hall–Kier alpha value is -3.55. The number of nitrogens with one attached hydrogen (secondary N) is 1. The first kappa shape index (κ1) is 18.8. The van der Waals surface area contributed by atoms with Crippen LogP contribution in [0.15, 0.2) is 60.3 Å². The Balaban J connectivity index is 1.50. The molecule has 0 saturated carbocycles. The first-order valence-electron chi connectivity index (χ1n) is 8.73. The lowest BCUT2D eigenvalue weighted by Gasteiger charge is -2.19. The van der Waals surface area contributed by atoms with Gasteiger partial charge in [0, 0.05) is 23.7 Å². The molecule has 0 bridgehead atoms. The second kappa shape index (κ2) is 7.46. The van der Waals surface area contributed by atoms with Gasteiger partial charge in [-0.15, -0.1) is 13.2 Å². The molecule has 2 heterocycles. The van der Waals surface area contributed by atoms with Gasteiger partial charge in [0.25, 0.3) is 5.91 Å². The molecule has 1 N–H and O–H groups in total. The summed E-state index contributed by atoms with van der Waals surface area (Å²) in [7, 11) is 0. The molecule has 0 atom stereocenters. The number of fused-ring (bicyclic) bond motifs is 2. The molecular weight excluding hydrogens is 385 g/mol. The van der Waals surface area contributed by atoms with Crippen LogP contribution >= 0.6 is 0 Å². The number of amides is 1. The van der Waals surface area contributed by atoms with Gasteiger partial charge < -0.3 is 14.8 Å². The van der Waals surface area contributed by atoms with Crippen LogP contribution < -0.4 is 14.8 Å². The highest BCUT2D eigenvalue weighted by Crippen LogP contribution is 2.32. The van der Waals surface area contributed by atoms with E-state index in [0.717, 1.165) is 16.5 Å². The molecule has 29 heavy (non-hydrogen) atoms. The molecule has 1 aliphatic heterocycles. The standard InChI is InChI=1S/C21H15F3N2O3/c22-21(23,24)29-16-5-6-19-14(10-16)9-15(12-28-19)20(27)26-11-13-7-8-25-18-4-2-1-3-17(13)18/h1-10H,11-12H2,(H,26,27). The lowest BCUT2D eigenvalue weighted by atomic mass is 10.1. The second-order valence-corrected chi connectivity index (χ2v) is 6.38. The maximum atomic E-state index is 12.5. The summed E-state index contributed by atoms with van der Waals surface area (Å²) < 4.78 is 46.6. The van der Waals surface area contributed by atoms with Crippen LogP contribution in [0.1, 0.15) is 11.1 Å². The molecule has 1 amide bonds. The molecule has 0 radical (unpaired) electrons. The predicted molar refractivity (Wildman–Crippen MR) is 100 cm³/mol. The molecular formula is C21H15F3N2O3. The van der Waals surface area contributed by atoms with Crippen molar-refractivity contribution in [3.8, 4) is 11.5 Å². The molecule has 3 aromatic rings. The summed E-state index contributed by atoms with van der Waals surface area (Å²) in [5.41, 5.74) is 2.38. The molecule has 2 aromatic carbocycles. The van der Waals surface area contributed by atoms with Gasteiger partial charge in [0.2, 0.25) is 0 Å². The third-order valence-electron chi connectivity index (χ3n) is 4.40. The Kier molecular flexibility index (Phi) is 4.84. The lowest BCUT2D eigenvalue weighted by molar-refractivity contribution is -0.274. The van der Waals surface area contributed by atoms with Gasteiger partial charge in [-0.05, 0) is 42.0 Å². The van der Waals surface area contributed by atoms with Crippen LogP contribution in [0, 0.1) is 0 Å². The van der Waals surface area contributed by atoms with Crippen molar-refractivity contribution in [2.75, 3.05) is 6.61 Å². The fraction of sp³-hybridized carbons (Fsp3) is 0.143. The van der Waals surface area contributed by atoms with E-state index in [0.29, 0.717) is 16.9 Å². The van der Waals surface area contributed by atoms with Gasteiger partial charge in [-0.2, -0.15) is 0 Å². The molecule has 8 heteroatoms. The summed E-state index contributed by atoms with van der Waals surface area (Å²) in [5.74, 6) is -0.351. The number of para-hydroxylation sites is 1. The zero-order chi connectivity index (χ0) is 20.4. The lowest BCUT2D eigenvalue weighted by Crippen LogP contribution is -2.28. The summed E-state index contributed by atoms with van der Waals surface area (Å²) >= 11 is 0. The van der Waals surface area contributed by atoms with Crippen molar-refractivity contribution < 1.29 is 27.4 Å². The first-order chi connectivity index (χ1) is 13.9. The van der Waals surface area contributed by atoms with E-state index in [1.165, 1.54) is 24.3 Å². The number of hydrogen-bond donors (Lipinski definition) is 1. The fourth-order valence-corrected chi connectivity index (χ4v) is 3.08. The monoisotopic (exact) mass is 400 g/mol. The number of aromatic nitrogens is 1. The Morgan fingerprint density at radius 1 is 1.17 bits per heavy atom. The number of pyridine rings is 1. The van der Waals surface area contributed by atoms with E-state index in [4.69, 9.17) is 4.74 Å². The van der Waals surface area contributed by atoms with Gasteiger partial charge in [0.05, 0.1) is 11.1 Å². The van der Waals surface area contributed by atoms with E-state index in [1.54, 1.807) is 6.20 Å². The number of nitrogens with zero attached hydrogens (tertiary/aromatic N) is 1. The molecule has 5 nitrogen and oxygen atoms in total. The van der Waals surface area contributed by atoms with Crippen LogP contribution in [-0.4, -0.2) is 23.9 Å². The quantitative estimate of drug-likeness (QED) is 0.712. The summed E-state index contributed by atoms with van der Waals surface area (Å²) in [6.07, 6.45) is -1.62. The molecule has 0 spiro atoms. The number of rotatable bonds is 4. The van der Waals surface area contributed by atoms with E-state index in [9.17, 15) is 18.0 Å². The van der Waals surface area contributed by atoms with Crippen molar-refractivity contribution in [2.24, 2.45) is 0 Å². The van der Waals surface area contributed by atoms with E-state index >= 15 is 0 Å². The zero-order valence-corrected chi connectivity index (χ0v) is 15.0. The van der Waals surface area contributed by atoms with Crippen molar-refractivity contribution in [3.05, 3.63) is 71.4 Å². The third kappa shape index (κ3) is 4.31. The Labute approximate surface area is 163 Å². The highest BCUT2D eigenvalue weighted by atomic mass is 19.4. The van der Waals surface area contributed by atoms with Gasteiger partial charge in [-0.25, -0.2) is 0 Å². The number of ether oxygens (including phenoxy) is 2. The molecule has 0 fully saturated rings. The average molecular weight is 400 g/mol. The van der Waals surface area contributed by atoms with E-state index in [1.807, 2.05) is 30.3 Å². The highest BCUT2D eigenvalue weighted by molar-refractivity contribution is 5.99. The number of benzene rings is 2. The van der Waals surface area contributed by atoms with Gasteiger partial charge in [-0.1, -0.05) is 18.2 Å². The predicted octanol–water partition coefficient (Wildman–Crippen LogP) is 4.23. The maximum absolute atomic E-state index is 12.5. The van der Waals surface area contributed by atoms with Crippen molar-refractivity contribution in [3.63, 3.8) is 0 Å². The van der Waals surface area contributed by atoms with Crippen molar-refractivity contribution in [2.45, 2.75) is 12.9 Å². The average Bonchev–Trinajstić information content (AvgIpc) is 2.70. The third-order valence-corrected chi connectivity index (χ3v) is 4.40. The van der Waals surface area contributed by atoms with Crippen molar-refractivity contribution >= 4 is 22.9 Å². The number of carbonyl (C=O) groups is 1. The van der Waals surface area contributed by atoms with E-state index < -0.39 is 6.36 Å². The Bertz CT molecular complexity index is 1100. The van der Waals surface area contributed by atoms with Crippen LogP contribution in [0.25, 0.3) is 17.0 Å².